The molecule has 0 unspecified atom stereocenters. The Morgan fingerprint density at radius 3 is 3.00 bits per heavy atom. The summed E-state index contributed by atoms with van der Waals surface area (Å²) in [5, 5.41) is 3.20. The molecule has 0 radical (unpaired) electrons. The van der Waals surface area contributed by atoms with Crippen LogP contribution in [0, 0.1) is 10.5 Å². The molecule has 2 rings (SSSR count). The van der Waals surface area contributed by atoms with E-state index in [-0.39, 0.29) is 0 Å². The third-order valence-corrected chi connectivity index (χ3v) is 3.97. The second-order valence-corrected chi connectivity index (χ2v) is 4.91. The Morgan fingerprint density at radius 1 is 1.41 bits per heavy atom. The van der Waals surface area contributed by atoms with Gasteiger partial charge in [0.05, 0.1) is 12.7 Å². The Hall–Kier alpha value is -0.880. The summed E-state index contributed by atoms with van der Waals surface area (Å²) in [5.41, 5.74) is 2.37. The van der Waals surface area contributed by atoms with Gasteiger partial charge in [-0.05, 0) is 41.6 Å². The summed E-state index contributed by atoms with van der Waals surface area (Å²) >= 11 is 2.34. The van der Waals surface area contributed by atoms with E-state index in [2.05, 4.69) is 58.9 Å². The second-order valence-electron chi connectivity index (χ2n) is 3.84. The van der Waals surface area contributed by atoms with Gasteiger partial charge in [0.2, 0.25) is 5.89 Å². The molecule has 0 aliphatic rings. The zero-order valence-corrected chi connectivity index (χ0v) is 12.1. The van der Waals surface area contributed by atoms with Gasteiger partial charge in [0, 0.05) is 9.13 Å². The molecule has 0 aliphatic carbocycles. The number of nitrogens with one attached hydrogen (secondary N) is 1. The fourth-order valence-corrected chi connectivity index (χ4v) is 2.21. The predicted molar refractivity (Wildman–Crippen MR) is 76.8 cm³/mol. The molecule has 90 valence electrons. The van der Waals surface area contributed by atoms with E-state index in [1.54, 1.807) is 6.20 Å². The van der Waals surface area contributed by atoms with Crippen molar-refractivity contribution in [3.05, 3.63) is 39.4 Å². The lowest BCUT2D eigenvalue weighted by Gasteiger charge is -2.03. The largest absolute Gasteiger partial charge is 0.439 e. The van der Waals surface area contributed by atoms with E-state index in [1.807, 2.05) is 6.07 Å². The lowest BCUT2D eigenvalue weighted by molar-refractivity contribution is 0.482. The summed E-state index contributed by atoms with van der Waals surface area (Å²) in [6.07, 6.45) is 1.80. The van der Waals surface area contributed by atoms with Crippen LogP contribution in [0.15, 0.2) is 28.8 Å². The Kier molecular flexibility index (Phi) is 4.17. The number of oxazole rings is 1. The van der Waals surface area contributed by atoms with Gasteiger partial charge in [0.15, 0.2) is 5.76 Å². The summed E-state index contributed by atoms with van der Waals surface area (Å²) in [6.45, 7) is 5.76. The molecule has 17 heavy (non-hydrogen) atoms. The van der Waals surface area contributed by atoms with Gasteiger partial charge in [0.25, 0.3) is 0 Å². The molecule has 0 bridgehead atoms. The number of benzene rings is 1. The van der Waals surface area contributed by atoms with Crippen LogP contribution in [0.4, 0.5) is 0 Å². The van der Waals surface area contributed by atoms with Crippen LogP contribution in [0.5, 0.6) is 0 Å². The average Bonchev–Trinajstić information content (AvgIpc) is 2.78. The van der Waals surface area contributed by atoms with Gasteiger partial charge in [-0.2, -0.15) is 0 Å². The Labute approximate surface area is 115 Å². The van der Waals surface area contributed by atoms with E-state index in [9.17, 15) is 0 Å². The van der Waals surface area contributed by atoms with Crippen molar-refractivity contribution < 1.29 is 4.42 Å². The lowest BCUT2D eigenvalue weighted by atomic mass is 10.1. The highest BCUT2D eigenvalue weighted by atomic mass is 127. The van der Waals surface area contributed by atoms with E-state index >= 15 is 0 Å². The molecule has 0 saturated carbocycles. The number of aromatic nitrogens is 1. The van der Waals surface area contributed by atoms with Crippen LogP contribution in [-0.4, -0.2) is 11.5 Å². The smallest absolute Gasteiger partial charge is 0.208 e. The first-order chi connectivity index (χ1) is 8.22. The summed E-state index contributed by atoms with van der Waals surface area (Å²) in [6, 6.07) is 6.20. The Bertz CT molecular complexity index is 508. The van der Waals surface area contributed by atoms with E-state index in [0.29, 0.717) is 6.54 Å². The van der Waals surface area contributed by atoms with Crippen molar-refractivity contribution in [2.45, 2.75) is 20.4 Å². The van der Waals surface area contributed by atoms with Crippen molar-refractivity contribution in [3.8, 4) is 11.3 Å². The molecular weight excluding hydrogens is 327 g/mol. The average molecular weight is 342 g/mol. The molecule has 1 aromatic carbocycles. The molecule has 4 heteroatoms. The predicted octanol–water partition coefficient (Wildman–Crippen LogP) is 3.36. The molecule has 1 heterocycles. The number of rotatable bonds is 4. The van der Waals surface area contributed by atoms with E-state index in [0.717, 1.165) is 23.8 Å². The quantitative estimate of drug-likeness (QED) is 0.866. The highest BCUT2D eigenvalue weighted by Crippen LogP contribution is 2.27. The maximum Gasteiger partial charge on any atom is 0.208 e. The van der Waals surface area contributed by atoms with Gasteiger partial charge in [0.1, 0.15) is 0 Å². The van der Waals surface area contributed by atoms with Crippen LogP contribution in [0.25, 0.3) is 11.3 Å². The molecule has 0 amide bonds. The third-order valence-electron chi connectivity index (χ3n) is 2.54. The SMILES string of the molecule is CCNCc1ncc(-c2cccc(C)c2I)o1. The molecule has 1 aromatic heterocycles. The lowest BCUT2D eigenvalue weighted by Crippen LogP contribution is -2.11. The van der Waals surface area contributed by atoms with Crippen LogP contribution >= 0.6 is 22.6 Å². The minimum Gasteiger partial charge on any atom is -0.439 e. The number of halogens is 1. The number of hydrogen-bond donors (Lipinski definition) is 1. The van der Waals surface area contributed by atoms with Gasteiger partial charge in [-0.25, -0.2) is 4.98 Å². The molecular formula is C13H15IN2O. The molecule has 2 aromatic rings. The standard InChI is InChI=1S/C13H15IN2O/c1-3-15-8-12-16-7-11(17-12)10-6-4-5-9(2)13(10)14/h4-7,15H,3,8H2,1-2H3. The van der Waals surface area contributed by atoms with Crippen molar-refractivity contribution in [3.63, 3.8) is 0 Å². The highest BCUT2D eigenvalue weighted by molar-refractivity contribution is 14.1. The van der Waals surface area contributed by atoms with Gasteiger partial charge in [-0.1, -0.05) is 25.1 Å². The summed E-state index contributed by atoms with van der Waals surface area (Å²) in [5.74, 6) is 1.57. The summed E-state index contributed by atoms with van der Waals surface area (Å²) in [4.78, 5) is 4.27. The zero-order valence-electron chi connectivity index (χ0n) is 9.96. The molecule has 0 spiro atoms. The van der Waals surface area contributed by atoms with Crippen LogP contribution in [0.3, 0.4) is 0 Å². The molecule has 0 aliphatic heterocycles. The number of hydrogen-bond acceptors (Lipinski definition) is 3. The van der Waals surface area contributed by atoms with Crippen LogP contribution < -0.4 is 5.32 Å². The molecule has 3 nitrogen and oxygen atoms in total. The van der Waals surface area contributed by atoms with Gasteiger partial charge in [-0.15, -0.1) is 0 Å². The summed E-state index contributed by atoms with van der Waals surface area (Å²) < 4.78 is 6.95. The topological polar surface area (TPSA) is 38.1 Å². The number of aryl methyl sites for hydroxylation is 1. The van der Waals surface area contributed by atoms with Crippen molar-refractivity contribution in [2.75, 3.05) is 6.54 Å². The molecule has 0 atom stereocenters. The minimum absolute atomic E-state index is 0.679. The van der Waals surface area contributed by atoms with Gasteiger partial charge >= 0.3 is 0 Å². The molecule has 0 fully saturated rings. The van der Waals surface area contributed by atoms with E-state index in [4.69, 9.17) is 4.42 Å². The van der Waals surface area contributed by atoms with Crippen molar-refractivity contribution in [1.29, 1.82) is 0 Å². The van der Waals surface area contributed by atoms with Crippen LogP contribution in [0.2, 0.25) is 0 Å². The fraction of sp³-hybridized carbons (Fsp3) is 0.308. The Balaban J connectivity index is 2.27. The Morgan fingerprint density at radius 2 is 2.24 bits per heavy atom. The molecule has 1 N–H and O–H groups in total. The van der Waals surface area contributed by atoms with Crippen molar-refractivity contribution >= 4 is 22.6 Å². The molecule has 0 saturated heterocycles. The second kappa shape index (κ2) is 5.64. The normalized spacial score (nSPS) is 10.8. The fourth-order valence-electron chi connectivity index (χ4n) is 1.59. The van der Waals surface area contributed by atoms with E-state index < -0.39 is 0 Å². The minimum atomic E-state index is 0.679. The first-order valence-corrected chi connectivity index (χ1v) is 6.71. The van der Waals surface area contributed by atoms with Crippen molar-refractivity contribution in [2.24, 2.45) is 0 Å². The van der Waals surface area contributed by atoms with Crippen molar-refractivity contribution in [1.82, 2.24) is 10.3 Å². The maximum atomic E-state index is 5.73. The van der Waals surface area contributed by atoms with Gasteiger partial charge in [-0.3, -0.25) is 0 Å². The zero-order chi connectivity index (χ0) is 12.3. The summed E-state index contributed by atoms with van der Waals surface area (Å²) in [7, 11) is 0. The highest BCUT2D eigenvalue weighted by Gasteiger charge is 2.10. The van der Waals surface area contributed by atoms with E-state index in [1.165, 1.54) is 9.13 Å². The van der Waals surface area contributed by atoms with Crippen LogP contribution in [0.1, 0.15) is 18.4 Å². The first-order valence-electron chi connectivity index (χ1n) is 5.63. The van der Waals surface area contributed by atoms with Gasteiger partial charge < -0.3 is 9.73 Å². The third kappa shape index (κ3) is 2.87. The number of nitrogens with zero attached hydrogens (tertiary/aromatic N) is 1. The maximum absolute atomic E-state index is 5.73. The monoisotopic (exact) mass is 342 g/mol. The first kappa shape index (κ1) is 12.6. The van der Waals surface area contributed by atoms with Crippen LogP contribution in [-0.2, 0) is 6.54 Å².